The number of carbonyl (C=O) groups is 2. The number of rotatable bonds is 8. The molecule has 2 aromatic carbocycles. The van der Waals surface area contributed by atoms with Crippen molar-refractivity contribution in [3.63, 3.8) is 0 Å². The zero-order valence-corrected chi connectivity index (χ0v) is 13.9. The van der Waals surface area contributed by atoms with Crippen molar-refractivity contribution in [2.45, 2.75) is 0 Å². The van der Waals surface area contributed by atoms with Gasteiger partial charge < -0.3 is 24.1 Å². The number of hydrogen-bond acceptors (Lipinski definition) is 6. The van der Waals surface area contributed by atoms with E-state index in [9.17, 15) is 14.7 Å². The maximum absolute atomic E-state index is 12.3. The van der Waals surface area contributed by atoms with Gasteiger partial charge in [0, 0.05) is 11.1 Å². The summed E-state index contributed by atoms with van der Waals surface area (Å²) in [4.78, 5) is 22.8. The van der Waals surface area contributed by atoms with Crippen LogP contribution in [0.25, 0.3) is 6.08 Å². The van der Waals surface area contributed by atoms with E-state index in [4.69, 9.17) is 14.2 Å². The summed E-state index contributed by atoms with van der Waals surface area (Å²) in [5.41, 5.74) is 1.16. The molecule has 6 nitrogen and oxygen atoms in total. The zero-order valence-electron chi connectivity index (χ0n) is 13.9. The number of carboxylic acid groups (broad SMARTS) is 1. The van der Waals surface area contributed by atoms with Crippen molar-refractivity contribution in [3.05, 3.63) is 59.7 Å². The number of benzene rings is 2. The van der Waals surface area contributed by atoms with Crippen LogP contribution in [0.3, 0.4) is 0 Å². The molecule has 0 saturated carbocycles. The Morgan fingerprint density at radius 1 is 1.00 bits per heavy atom. The van der Waals surface area contributed by atoms with Crippen LogP contribution in [0.15, 0.2) is 48.5 Å². The third-order valence-corrected chi connectivity index (χ3v) is 3.35. The van der Waals surface area contributed by atoms with Crippen molar-refractivity contribution in [1.29, 1.82) is 0 Å². The van der Waals surface area contributed by atoms with Crippen LogP contribution < -0.4 is 19.3 Å². The number of aliphatic carboxylic acids is 1. The Hall–Kier alpha value is -3.28. The van der Waals surface area contributed by atoms with E-state index in [1.54, 1.807) is 19.3 Å². The number of para-hydroxylation sites is 1. The summed E-state index contributed by atoms with van der Waals surface area (Å²) in [7, 11) is 2.96. The van der Waals surface area contributed by atoms with Crippen molar-refractivity contribution in [2.24, 2.45) is 0 Å². The molecule has 0 fully saturated rings. The third kappa shape index (κ3) is 4.84. The molecule has 0 heterocycles. The fourth-order valence-corrected chi connectivity index (χ4v) is 2.14. The van der Waals surface area contributed by atoms with Crippen LogP contribution in [-0.4, -0.2) is 32.6 Å². The number of methoxy groups -OCH3 is 2. The van der Waals surface area contributed by atoms with Gasteiger partial charge in [-0.1, -0.05) is 18.2 Å². The molecule has 0 radical (unpaired) electrons. The summed E-state index contributed by atoms with van der Waals surface area (Å²) in [5, 5.41) is 10.5. The molecule has 0 amide bonds. The Kier molecular flexibility index (Phi) is 6.17. The van der Waals surface area contributed by atoms with E-state index in [1.165, 1.54) is 31.4 Å². The molecule has 2 rings (SSSR count). The molecule has 0 spiro atoms. The van der Waals surface area contributed by atoms with E-state index in [0.717, 1.165) is 5.56 Å². The number of hydrogen-bond donors (Lipinski definition) is 0. The van der Waals surface area contributed by atoms with Crippen LogP contribution in [-0.2, 0) is 4.79 Å². The van der Waals surface area contributed by atoms with Crippen LogP contribution in [0.1, 0.15) is 15.9 Å². The SMILES string of the molecule is COc1ccccc1/C=C/C(=O)c1ccc(OCC(=O)[O-])c(OC)c1. The lowest BCUT2D eigenvalue weighted by molar-refractivity contribution is -0.307. The van der Waals surface area contributed by atoms with E-state index < -0.39 is 12.6 Å². The fraction of sp³-hybridized carbons (Fsp3) is 0.158. The van der Waals surface area contributed by atoms with Gasteiger partial charge in [-0.3, -0.25) is 4.79 Å². The molecule has 130 valence electrons. The minimum atomic E-state index is -1.35. The van der Waals surface area contributed by atoms with E-state index in [0.29, 0.717) is 11.3 Å². The molecule has 0 aromatic heterocycles. The first-order valence-corrected chi connectivity index (χ1v) is 7.41. The summed E-state index contributed by atoms with van der Waals surface area (Å²) >= 11 is 0. The Morgan fingerprint density at radius 2 is 1.72 bits per heavy atom. The van der Waals surface area contributed by atoms with Crippen LogP contribution in [0.4, 0.5) is 0 Å². The van der Waals surface area contributed by atoms with Gasteiger partial charge in [0.1, 0.15) is 12.4 Å². The van der Waals surface area contributed by atoms with Gasteiger partial charge in [-0.05, 0) is 36.4 Å². The Bertz CT molecular complexity index is 794. The average molecular weight is 341 g/mol. The highest BCUT2D eigenvalue weighted by molar-refractivity contribution is 6.07. The second kappa shape index (κ2) is 8.54. The predicted octanol–water partition coefficient (Wildman–Crippen LogP) is 1.73. The summed E-state index contributed by atoms with van der Waals surface area (Å²) in [6, 6.07) is 11.8. The molecule has 0 aliphatic heterocycles. The lowest BCUT2D eigenvalue weighted by Crippen LogP contribution is -2.29. The molecule has 0 N–H and O–H groups in total. The van der Waals surface area contributed by atoms with Crippen molar-refractivity contribution in [1.82, 2.24) is 0 Å². The summed E-state index contributed by atoms with van der Waals surface area (Å²) in [6.07, 6.45) is 3.09. The normalized spacial score (nSPS) is 10.5. The van der Waals surface area contributed by atoms with Gasteiger partial charge in [-0.25, -0.2) is 0 Å². The number of carbonyl (C=O) groups excluding carboxylic acids is 2. The highest BCUT2D eigenvalue weighted by Gasteiger charge is 2.10. The van der Waals surface area contributed by atoms with Gasteiger partial charge in [0.05, 0.1) is 20.2 Å². The minimum absolute atomic E-state index is 0.219. The smallest absolute Gasteiger partial charge is 0.185 e. The third-order valence-electron chi connectivity index (χ3n) is 3.35. The number of ether oxygens (including phenoxy) is 3. The summed E-state index contributed by atoms with van der Waals surface area (Å²) < 4.78 is 15.4. The molecular formula is C19H17O6-. The quantitative estimate of drug-likeness (QED) is 0.537. The highest BCUT2D eigenvalue weighted by atomic mass is 16.5. The maximum atomic E-state index is 12.3. The molecule has 0 aliphatic carbocycles. The molecule has 25 heavy (non-hydrogen) atoms. The second-order valence-corrected chi connectivity index (χ2v) is 4.97. The van der Waals surface area contributed by atoms with Gasteiger partial charge in [0.25, 0.3) is 0 Å². The first-order chi connectivity index (χ1) is 12.0. The maximum Gasteiger partial charge on any atom is 0.185 e. The van der Waals surface area contributed by atoms with E-state index in [1.807, 2.05) is 18.2 Å². The first-order valence-electron chi connectivity index (χ1n) is 7.41. The molecular weight excluding hydrogens is 324 g/mol. The average Bonchev–Trinajstić information content (AvgIpc) is 2.64. The van der Waals surface area contributed by atoms with Gasteiger partial charge in [0.15, 0.2) is 17.3 Å². The van der Waals surface area contributed by atoms with Crippen molar-refractivity contribution in [3.8, 4) is 17.2 Å². The standard InChI is InChI=1S/C19H18O6/c1-23-16-6-4-3-5-13(16)7-9-15(20)14-8-10-17(18(11-14)24-2)25-12-19(21)22/h3-11H,12H2,1-2H3,(H,21,22)/p-1/b9-7+. The predicted molar refractivity (Wildman–Crippen MR) is 89.9 cm³/mol. The van der Waals surface area contributed by atoms with Gasteiger partial charge in [-0.2, -0.15) is 0 Å². The van der Waals surface area contributed by atoms with Gasteiger partial charge >= 0.3 is 0 Å². The van der Waals surface area contributed by atoms with Crippen LogP contribution >= 0.6 is 0 Å². The van der Waals surface area contributed by atoms with Crippen molar-refractivity contribution < 1.29 is 28.9 Å². The number of allylic oxidation sites excluding steroid dienone is 1. The molecule has 0 unspecified atom stereocenters. The van der Waals surface area contributed by atoms with Crippen molar-refractivity contribution >= 4 is 17.8 Å². The fourth-order valence-electron chi connectivity index (χ4n) is 2.14. The Labute approximate surface area is 145 Å². The molecule has 0 atom stereocenters. The Balaban J connectivity index is 2.18. The summed E-state index contributed by atoms with van der Waals surface area (Å²) in [6.45, 7) is -0.600. The highest BCUT2D eigenvalue weighted by Crippen LogP contribution is 2.28. The van der Waals surface area contributed by atoms with Gasteiger partial charge in [0.2, 0.25) is 0 Å². The molecule has 0 aliphatic rings. The number of carboxylic acids is 1. The first kappa shape index (κ1) is 18.1. The molecule has 0 saturated heterocycles. The van der Waals surface area contributed by atoms with Crippen molar-refractivity contribution in [2.75, 3.05) is 20.8 Å². The monoisotopic (exact) mass is 341 g/mol. The van der Waals surface area contributed by atoms with Crippen LogP contribution in [0, 0.1) is 0 Å². The topological polar surface area (TPSA) is 84.9 Å². The van der Waals surface area contributed by atoms with Gasteiger partial charge in [-0.15, -0.1) is 0 Å². The minimum Gasteiger partial charge on any atom is -0.546 e. The number of ketones is 1. The largest absolute Gasteiger partial charge is 0.546 e. The molecule has 2 aromatic rings. The van der Waals surface area contributed by atoms with Crippen LogP contribution in [0.2, 0.25) is 0 Å². The van der Waals surface area contributed by atoms with Crippen LogP contribution in [0.5, 0.6) is 17.2 Å². The van der Waals surface area contributed by atoms with E-state index in [-0.39, 0.29) is 17.3 Å². The zero-order chi connectivity index (χ0) is 18.2. The second-order valence-electron chi connectivity index (χ2n) is 4.97. The van der Waals surface area contributed by atoms with E-state index >= 15 is 0 Å². The molecule has 6 heteroatoms. The van der Waals surface area contributed by atoms with E-state index in [2.05, 4.69) is 0 Å². The summed E-state index contributed by atoms with van der Waals surface area (Å²) in [5.74, 6) is -0.442. The Morgan fingerprint density at radius 3 is 2.40 bits per heavy atom. The lowest BCUT2D eigenvalue weighted by atomic mass is 10.1. The molecule has 0 bridgehead atoms. The lowest BCUT2D eigenvalue weighted by Gasteiger charge is -2.11.